The molecule has 0 aromatic carbocycles. The Bertz CT molecular complexity index is 1020. The van der Waals surface area contributed by atoms with Gasteiger partial charge < -0.3 is 57.4 Å². The maximum atomic E-state index is 12.8. The third-order valence-electron chi connectivity index (χ3n) is 5.98. The van der Waals surface area contributed by atoms with Gasteiger partial charge in [0.2, 0.25) is 29.5 Å². The van der Waals surface area contributed by atoms with E-state index in [9.17, 15) is 48.6 Å². The zero-order chi connectivity index (χ0) is 31.8. The quantitative estimate of drug-likeness (QED) is 0.0656. The molecule has 0 saturated carbocycles. The highest BCUT2D eigenvalue weighted by atomic mass is 16.4. The van der Waals surface area contributed by atoms with Crippen LogP contribution >= 0.6 is 0 Å². The van der Waals surface area contributed by atoms with Crippen LogP contribution in [0.15, 0.2) is 0 Å². The zero-order valence-electron chi connectivity index (χ0n) is 22.5. The molecule has 0 spiro atoms. The number of nitrogens with one attached hydrogen (secondary N) is 6. The molecule has 1 saturated heterocycles. The molecule has 236 valence electrons. The highest BCUT2D eigenvalue weighted by molar-refractivity contribution is 5.96. The summed E-state index contributed by atoms with van der Waals surface area (Å²) >= 11 is 0. The Balaban J connectivity index is 2.90. The molecule has 42 heavy (non-hydrogen) atoms. The smallest absolute Gasteiger partial charge is 0.322 e. The summed E-state index contributed by atoms with van der Waals surface area (Å²) in [6.45, 7) is -2.32. The van der Waals surface area contributed by atoms with Gasteiger partial charge in [-0.1, -0.05) is 0 Å². The fourth-order valence-corrected chi connectivity index (χ4v) is 3.74. The molecule has 0 aromatic heterocycles. The SMILES string of the molecule is O=C(O)CC[C@H](NC(=O)[C@H](CO)NC(=O)[C@H](CO)NC(=O)[C@H](CCC(=O)O)NC(=O)[C@@H]1CCCN1)C(=O)NCC(=O)O. The van der Waals surface area contributed by atoms with Crippen LogP contribution in [-0.2, 0) is 38.4 Å². The molecule has 1 aliphatic rings. The Kier molecular flexibility index (Phi) is 15.4. The van der Waals surface area contributed by atoms with Crippen molar-refractivity contribution in [1.29, 1.82) is 0 Å². The Morgan fingerprint density at radius 3 is 1.50 bits per heavy atom. The third-order valence-corrected chi connectivity index (χ3v) is 5.98. The second-order valence-electron chi connectivity index (χ2n) is 9.24. The highest BCUT2D eigenvalue weighted by Crippen LogP contribution is 2.07. The van der Waals surface area contributed by atoms with Gasteiger partial charge in [0.15, 0.2) is 0 Å². The first-order valence-corrected chi connectivity index (χ1v) is 12.9. The molecule has 0 radical (unpaired) electrons. The fourth-order valence-electron chi connectivity index (χ4n) is 3.74. The van der Waals surface area contributed by atoms with Crippen molar-refractivity contribution in [3.05, 3.63) is 0 Å². The second-order valence-corrected chi connectivity index (χ2v) is 9.24. The topological polar surface area (TPSA) is 310 Å². The molecule has 1 fully saturated rings. The number of amides is 5. The van der Waals surface area contributed by atoms with E-state index in [-0.39, 0.29) is 6.42 Å². The van der Waals surface area contributed by atoms with Crippen LogP contribution in [0.4, 0.5) is 0 Å². The van der Waals surface area contributed by atoms with Gasteiger partial charge in [-0.2, -0.15) is 0 Å². The van der Waals surface area contributed by atoms with Crippen LogP contribution < -0.4 is 31.9 Å². The first-order valence-electron chi connectivity index (χ1n) is 12.9. The molecule has 11 N–H and O–H groups in total. The molecule has 0 aliphatic carbocycles. The number of carbonyl (C=O) groups excluding carboxylic acids is 5. The van der Waals surface area contributed by atoms with Crippen molar-refractivity contribution in [1.82, 2.24) is 31.9 Å². The van der Waals surface area contributed by atoms with Gasteiger partial charge in [0.25, 0.3) is 0 Å². The average Bonchev–Trinajstić information content (AvgIpc) is 3.48. The molecule has 0 unspecified atom stereocenters. The summed E-state index contributed by atoms with van der Waals surface area (Å²) in [5, 5.41) is 59.5. The predicted octanol–water partition coefficient (Wildman–Crippen LogP) is -5.41. The summed E-state index contributed by atoms with van der Waals surface area (Å²) in [7, 11) is 0. The van der Waals surface area contributed by atoms with Crippen LogP contribution in [0.5, 0.6) is 0 Å². The molecule has 19 heteroatoms. The van der Waals surface area contributed by atoms with E-state index in [1.165, 1.54) is 0 Å². The van der Waals surface area contributed by atoms with Gasteiger partial charge >= 0.3 is 17.9 Å². The van der Waals surface area contributed by atoms with E-state index in [4.69, 9.17) is 15.3 Å². The van der Waals surface area contributed by atoms with Crippen LogP contribution in [0, 0.1) is 0 Å². The molecule has 19 nitrogen and oxygen atoms in total. The third kappa shape index (κ3) is 12.9. The van der Waals surface area contributed by atoms with E-state index >= 15 is 0 Å². The minimum atomic E-state index is -1.76. The van der Waals surface area contributed by atoms with E-state index in [1.54, 1.807) is 0 Å². The largest absolute Gasteiger partial charge is 0.481 e. The molecule has 0 aromatic rings. The molecule has 1 rings (SSSR count). The lowest BCUT2D eigenvalue weighted by Crippen LogP contribution is -2.60. The van der Waals surface area contributed by atoms with E-state index in [1.807, 2.05) is 10.6 Å². The van der Waals surface area contributed by atoms with Crippen molar-refractivity contribution in [3.8, 4) is 0 Å². The van der Waals surface area contributed by atoms with Gasteiger partial charge in [-0.05, 0) is 32.2 Å². The predicted molar refractivity (Wildman–Crippen MR) is 137 cm³/mol. The number of hydrogen-bond donors (Lipinski definition) is 11. The van der Waals surface area contributed by atoms with Gasteiger partial charge in [-0.15, -0.1) is 0 Å². The molecule has 1 aliphatic heterocycles. The summed E-state index contributed by atoms with van der Waals surface area (Å²) in [5.41, 5.74) is 0. The second kappa shape index (κ2) is 18.1. The minimum absolute atomic E-state index is 0.345. The maximum absolute atomic E-state index is 12.8. The summed E-state index contributed by atoms with van der Waals surface area (Å²) in [4.78, 5) is 95.6. The lowest BCUT2D eigenvalue weighted by atomic mass is 10.1. The molecule has 5 atom stereocenters. The van der Waals surface area contributed by atoms with Crippen LogP contribution in [0.1, 0.15) is 38.5 Å². The minimum Gasteiger partial charge on any atom is -0.481 e. The van der Waals surface area contributed by atoms with E-state index < -0.39 is 117 Å². The molecular weight excluding hydrogens is 568 g/mol. The van der Waals surface area contributed by atoms with Crippen LogP contribution in [-0.4, -0.2) is 129 Å². The van der Waals surface area contributed by atoms with Crippen molar-refractivity contribution < 1.29 is 63.9 Å². The lowest BCUT2D eigenvalue weighted by molar-refractivity contribution is -0.140. The number of hydrogen-bond acceptors (Lipinski definition) is 11. The number of aliphatic hydroxyl groups is 2. The van der Waals surface area contributed by atoms with Gasteiger partial charge in [-0.3, -0.25) is 38.4 Å². The number of carbonyl (C=O) groups is 8. The number of aliphatic carboxylic acids is 3. The van der Waals surface area contributed by atoms with Crippen molar-refractivity contribution in [2.24, 2.45) is 0 Å². The van der Waals surface area contributed by atoms with Gasteiger partial charge in [0.05, 0.1) is 19.3 Å². The first kappa shape index (κ1) is 35.7. The standard InChI is InChI=1S/C23H36N6O13/c30-9-14(22(41)26-12(3-5-16(32)33)19(38)25-8-18(36)37)29-23(42)15(10-31)28-21(40)13(4-6-17(34)35)27-20(39)11-2-1-7-24-11/h11-15,24,30-31H,1-10H2,(H,25,38)(H,26,41)(H,27,39)(H,28,40)(H,29,42)(H,32,33)(H,34,35)(H,36,37)/t11-,12-,13-,14-,15-/m0/s1. The lowest BCUT2D eigenvalue weighted by Gasteiger charge is -2.25. The van der Waals surface area contributed by atoms with Crippen molar-refractivity contribution in [2.45, 2.75) is 68.7 Å². The summed E-state index contributed by atoms with van der Waals surface area (Å²) in [6, 6.07) is -7.04. The number of aliphatic hydroxyl groups excluding tert-OH is 2. The number of rotatable bonds is 19. The molecular formula is C23H36N6O13. The van der Waals surface area contributed by atoms with Crippen molar-refractivity contribution in [2.75, 3.05) is 26.3 Å². The monoisotopic (exact) mass is 604 g/mol. The maximum Gasteiger partial charge on any atom is 0.322 e. The Hall–Kier alpha value is -4.36. The molecule has 1 heterocycles. The van der Waals surface area contributed by atoms with Gasteiger partial charge in [-0.25, -0.2) is 0 Å². The summed E-state index contributed by atoms with van der Waals surface area (Å²) in [6.07, 6.45) is -0.719. The number of carboxylic acids is 3. The van der Waals surface area contributed by atoms with Crippen LogP contribution in [0.3, 0.4) is 0 Å². The van der Waals surface area contributed by atoms with E-state index in [0.717, 1.165) is 0 Å². The van der Waals surface area contributed by atoms with E-state index in [2.05, 4.69) is 21.3 Å². The van der Waals surface area contributed by atoms with Gasteiger partial charge in [0, 0.05) is 12.8 Å². The fraction of sp³-hybridized carbons (Fsp3) is 0.652. The Labute approximate surface area is 238 Å². The summed E-state index contributed by atoms with van der Waals surface area (Å²) in [5.74, 6) is -8.97. The van der Waals surface area contributed by atoms with E-state index in [0.29, 0.717) is 19.4 Å². The van der Waals surface area contributed by atoms with Crippen LogP contribution in [0.25, 0.3) is 0 Å². The van der Waals surface area contributed by atoms with Crippen molar-refractivity contribution in [3.63, 3.8) is 0 Å². The normalized spacial score (nSPS) is 17.0. The highest BCUT2D eigenvalue weighted by Gasteiger charge is 2.32. The Morgan fingerprint density at radius 1 is 0.643 bits per heavy atom. The van der Waals surface area contributed by atoms with Crippen molar-refractivity contribution >= 4 is 47.4 Å². The number of carboxylic acid groups (broad SMARTS) is 3. The molecule has 5 amide bonds. The summed E-state index contributed by atoms with van der Waals surface area (Å²) < 4.78 is 0. The molecule has 0 bridgehead atoms. The first-order chi connectivity index (χ1) is 19.8. The zero-order valence-corrected chi connectivity index (χ0v) is 22.5. The Morgan fingerprint density at radius 2 is 1.10 bits per heavy atom. The average molecular weight is 605 g/mol. The van der Waals surface area contributed by atoms with Crippen LogP contribution in [0.2, 0.25) is 0 Å². The van der Waals surface area contributed by atoms with Gasteiger partial charge in [0.1, 0.15) is 30.7 Å².